The number of carbonyl (C=O) groups is 2. The van der Waals surface area contributed by atoms with E-state index in [1.165, 1.54) is 38.5 Å². The molecule has 1 aliphatic carbocycles. The minimum absolute atomic E-state index is 0.0318. The number of esters is 2. The number of aliphatic hydroxyl groups is 5. The molecule has 2 heterocycles. The van der Waals surface area contributed by atoms with Gasteiger partial charge in [-0.15, -0.1) is 0 Å². The number of aliphatic hydroxyl groups excluding tert-OH is 5. The van der Waals surface area contributed by atoms with Crippen LogP contribution in [0.4, 0.5) is 0 Å². The van der Waals surface area contributed by atoms with Gasteiger partial charge in [0.25, 0.3) is 0 Å². The summed E-state index contributed by atoms with van der Waals surface area (Å²) in [6.45, 7) is -1.24. The summed E-state index contributed by atoms with van der Waals surface area (Å²) in [4.78, 5) is 25.6. The molecule has 2 aliphatic heterocycles. The molecule has 43 heavy (non-hydrogen) atoms. The molecule has 0 radical (unpaired) electrons. The zero-order chi connectivity index (χ0) is 31.4. The Hall–Kier alpha value is -3.70. The Kier molecular flexibility index (Phi) is 10.3. The molecule has 0 saturated carbocycles. The summed E-state index contributed by atoms with van der Waals surface area (Å²) in [5.41, 5.74) is 0.674. The first-order chi connectivity index (χ1) is 20.6. The van der Waals surface area contributed by atoms with E-state index in [1.807, 2.05) is 0 Å². The first-order valence-corrected chi connectivity index (χ1v) is 13.1. The Morgan fingerprint density at radius 1 is 0.953 bits per heavy atom. The van der Waals surface area contributed by atoms with Crippen LogP contribution < -0.4 is 9.47 Å². The summed E-state index contributed by atoms with van der Waals surface area (Å²) in [7, 11) is 3.85. The van der Waals surface area contributed by atoms with Crippen LogP contribution in [0.5, 0.6) is 17.2 Å². The van der Waals surface area contributed by atoms with E-state index in [1.54, 1.807) is 0 Å². The maximum atomic E-state index is 12.9. The van der Waals surface area contributed by atoms with E-state index in [4.69, 9.17) is 33.2 Å². The molecule has 15 heteroatoms. The van der Waals surface area contributed by atoms with Crippen molar-refractivity contribution in [2.45, 2.75) is 43.1 Å². The fourth-order valence-electron chi connectivity index (χ4n) is 5.22. The van der Waals surface area contributed by atoms with Gasteiger partial charge >= 0.3 is 11.9 Å². The van der Waals surface area contributed by atoms with E-state index in [0.29, 0.717) is 5.56 Å². The Morgan fingerprint density at radius 2 is 1.63 bits per heavy atom. The number of hydrogen-bond acceptors (Lipinski definition) is 15. The first-order valence-electron chi connectivity index (χ1n) is 13.1. The van der Waals surface area contributed by atoms with Gasteiger partial charge in [0.1, 0.15) is 30.5 Å². The van der Waals surface area contributed by atoms with E-state index < -0.39 is 80.1 Å². The summed E-state index contributed by atoms with van der Waals surface area (Å²) in [6.07, 6.45) is -5.40. The van der Waals surface area contributed by atoms with Crippen LogP contribution in [0, 0.1) is 11.8 Å². The maximum Gasteiger partial charge on any atom is 0.337 e. The van der Waals surface area contributed by atoms with Crippen molar-refractivity contribution in [3.8, 4) is 17.2 Å². The van der Waals surface area contributed by atoms with Crippen molar-refractivity contribution < 1.29 is 73.4 Å². The topological polar surface area (TPSA) is 220 Å². The number of carbonyl (C=O) groups excluding carboxylic acids is 2. The van der Waals surface area contributed by atoms with Crippen molar-refractivity contribution in [2.24, 2.45) is 11.8 Å². The molecular weight excluding hydrogens is 576 g/mol. The quantitative estimate of drug-likeness (QED) is 0.103. The lowest BCUT2D eigenvalue weighted by atomic mass is 9.82. The highest BCUT2D eigenvalue weighted by Gasteiger charge is 2.53. The predicted molar refractivity (Wildman–Crippen MR) is 142 cm³/mol. The van der Waals surface area contributed by atoms with Crippen LogP contribution in [0.2, 0.25) is 0 Å². The van der Waals surface area contributed by atoms with E-state index >= 15 is 0 Å². The number of ether oxygens (including phenoxy) is 7. The molecule has 1 fully saturated rings. The summed E-state index contributed by atoms with van der Waals surface area (Å²) in [5, 5.41) is 60.4. The van der Waals surface area contributed by atoms with Crippen LogP contribution in [0.25, 0.3) is 6.08 Å². The van der Waals surface area contributed by atoms with Gasteiger partial charge in [0, 0.05) is 12.0 Å². The average Bonchev–Trinajstić information content (AvgIpc) is 3.38. The molecule has 6 N–H and O–H groups in total. The number of phenols is 1. The zero-order valence-electron chi connectivity index (χ0n) is 23.4. The third kappa shape index (κ3) is 6.47. The fourth-order valence-corrected chi connectivity index (χ4v) is 5.22. The number of benzene rings is 1. The third-order valence-corrected chi connectivity index (χ3v) is 7.42. The Labute approximate surface area is 245 Å². The van der Waals surface area contributed by atoms with Gasteiger partial charge in [-0.3, -0.25) is 0 Å². The number of fused-ring (bicyclic) bond motifs is 1. The summed E-state index contributed by atoms with van der Waals surface area (Å²) < 4.78 is 37.6. The number of hydrogen-bond donors (Lipinski definition) is 6. The van der Waals surface area contributed by atoms with Crippen molar-refractivity contribution >= 4 is 18.0 Å². The number of aromatic hydroxyl groups is 1. The fraction of sp³-hybridized carbons (Fsp3) is 0.500. The van der Waals surface area contributed by atoms with Gasteiger partial charge < -0.3 is 63.8 Å². The first kappa shape index (κ1) is 32.2. The Bertz CT molecular complexity index is 1250. The third-order valence-electron chi connectivity index (χ3n) is 7.42. The molecule has 0 bridgehead atoms. The lowest BCUT2D eigenvalue weighted by molar-refractivity contribution is -0.340. The highest BCUT2D eigenvalue weighted by Crippen LogP contribution is 2.46. The van der Waals surface area contributed by atoms with Crippen LogP contribution in [0.3, 0.4) is 0 Å². The van der Waals surface area contributed by atoms with Crippen molar-refractivity contribution in [1.82, 2.24) is 0 Å². The van der Waals surface area contributed by atoms with Gasteiger partial charge in [-0.05, 0) is 35.4 Å². The minimum Gasteiger partial charge on any atom is -0.502 e. The monoisotopic (exact) mass is 610 g/mol. The molecule has 1 saturated heterocycles. The second-order valence-electron chi connectivity index (χ2n) is 9.86. The molecule has 0 spiro atoms. The highest BCUT2D eigenvalue weighted by molar-refractivity contribution is 5.90. The summed E-state index contributed by atoms with van der Waals surface area (Å²) in [5.74, 6) is -3.54. The van der Waals surface area contributed by atoms with E-state index in [9.17, 15) is 40.2 Å². The van der Waals surface area contributed by atoms with E-state index in [2.05, 4.69) is 0 Å². The molecule has 9 atom stereocenters. The normalized spacial score (nSPS) is 31.9. The van der Waals surface area contributed by atoms with Gasteiger partial charge in [-0.2, -0.15) is 0 Å². The minimum atomic E-state index is -1.75. The Balaban J connectivity index is 1.57. The number of phenolic OH excluding ortho intramolecular Hbond substituents is 1. The van der Waals surface area contributed by atoms with Gasteiger partial charge in [-0.25, -0.2) is 9.59 Å². The van der Waals surface area contributed by atoms with E-state index in [0.717, 1.165) is 19.4 Å². The van der Waals surface area contributed by atoms with Crippen molar-refractivity contribution in [2.75, 3.05) is 34.5 Å². The van der Waals surface area contributed by atoms with Crippen molar-refractivity contribution in [3.05, 3.63) is 47.3 Å². The van der Waals surface area contributed by atoms with Gasteiger partial charge in [0.05, 0.1) is 52.3 Å². The number of rotatable bonds is 10. The molecule has 15 nitrogen and oxygen atoms in total. The maximum absolute atomic E-state index is 12.9. The zero-order valence-corrected chi connectivity index (χ0v) is 23.4. The lowest BCUT2D eigenvalue weighted by Crippen LogP contribution is -2.60. The molecular formula is C28H34O15. The van der Waals surface area contributed by atoms with Gasteiger partial charge in [0.15, 0.2) is 17.8 Å². The largest absolute Gasteiger partial charge is 0.502 e. The van der Waals surface area contributed by atoms with Crippen molar-refractivity contribution in [3.63, 3.8) is 0 Å². The average molecular weight is 611 g/mol. The standard InChI is InChI=1S/C28H34O15/c1-37-16-6-12(7-17(38-2)22(16)32)4-5-19(31)41-15-8-13(9-29)20-21(15)14(26(36)39-3)11-40-27(20)43-28-25(35)24(34)23(33)18(10-30)42-28/h4-8,11,15,18,20-21,23-25,27-30,32-35H,9-10H2,1-3H3/b5-4+/t15-,18-,20-,21+,23-,24+,25-,27+,28+/m1/s1. The lowest BCUT2D eigenvalue weighted by Gasteiger charge is -2.43. The van der Waals surface area contributed by atoms with Crippen LogP contribution in [0.1, 0.15) is 5.56 Å². The molecule has 3 aliphatic rings. The van der Waals surface area contributed by atoms with Crippen LogP contribution in [0.15, 0.2) is 41.7 Å². The molecule has 4 rings (SSSR count). The van der Waals surface area contributed by atoms with Gasteiger partial charge in [-0.1, -0.05) is 0 Å². The van der Waals surface area contributed by atoms with Gasteiger partial charge in [0.2, 0.25) is 12.0 Å². The summed E-state index contributed by atoms with van der Waals surface area (Å²) >= 11 is 0. The van der Waals surface area contributed by atoms with E-state index in [-0.39, 0.29) is 28.4 Å². The predicted octanol–water partition coefficient (Wildman–Crippen LogP) is -1.27. The highest BCUT2D eigenvalue weighted by atomic mass is 16.8. The molecule has 1 aromatic carbocycles. The number of methoxy groups -OCH3 is 3. The molecule has 1 aromatic rings. The molecule has 236 valence electrons. The van der Waals surface area contributed by atoms with Crippen molar-refractivity contribution in [1.29, 1.82) is 0 Å². The van der Waals surface area contributed by atoms with Crippen LogP contribution >= 0.6 is 0 Å². The SMILES string of the molecule is COC(=O)C1=CO[C@@H](O[C@@H]2O[C@H](CO)[C@@H](O)[C@H](O)[C@H]2O)[C@@H]2C(CO)=C[C@@H](OC(=O)/C=C/c3cc(OC)c(O)c(OC)c3)[C@H]12. The molecule has 0 unspecified atom stereocenters. The van der Waals surface area contributed by atoms with Crippen LogP contribution in [-0.2, 0) is 33.3 Å². The summed E-state index contributed by atoms with van der Waals surface area (Å²) in [6, 6.07) is 2.93. The molecule has 0 amide bonds. The Morgan fingerprint density at radius 3 is 2.21 bits per heavy atom. The van der Waals surface area contributed by atoms with Crippen LogP contribution in [-0.4, -0.2) is 120 Å². The smallest absolute Gasteiger partial charge is 0.337 e. The second-order valence-corrected chi connectivity index (χ2v) is 9.86. The second kappa shape index (κ2) is 13.7. The molecule has 0 aromatic heterocycles.